The number of aromatic nitrogens is 1. The lowest BCUT2D eigenvalue weighted by Crippen LogP contribution is -2.38. The monoisotopic (exact) mass is 325 g/mol. The molecule has 0 aliphatic carbocycles. The molecule has 3 rings (SSSR count). The lowest BCUT2D eigenvalue weighted by molar-refractivity contribution is 0.0678. The molecule has 0 radical (unpaired) electrons. The Kier molecular flexibility index (Phi) is 4.99. The van der Waals surface area contributed by atoms with Crippen molar-refractivity contribution in [2.45, 2.75) is 38.8 Å². The molecule has 1 aliphatic heterocycles. The molecule has 2 aromatic rings. The van der Waals surface area contributed by atoms with E-state index in [0.717, 1.165) is 36.0 Å². The number of rotatable bonds is 3. The van der Waals surface area contributed by atoms with Crippen molar-refractivity contribution in [1.29, 1.82) is 0 Å². The van der Waals surface area contributed by atoms with E-state index >= 15 is 0 Å². The quantitative estimate of drug-likeness (QED) is 0.931. The Morgan fingerprint density at radius 1 is 1.33 bits per heavy atom. The van der Waals surface area contributed by atoms with Gasteiger partial charge in [-0.3, -0.25) is 0 Å². The van der Waals surface area contributed by atoms with Crippen LogP contribution in [0.3, 0.4) is 0 Å². The zero-order valence-electron chi connectivity index (χ0n) is 13.9. The largest absolute Gasteiger partial charge is 0.445 e. The minimum atomic E-state index is -0.266. The van der Waals surface area contributed by atoms with Crippen molar-refractivity contribution < 1.29 is 9.53 Å². The third-order valence-electron chi connectivity index (χ3n) is 4.47. The molecular weight excluding hydrogens is 302 g/mol. The first-order chi connectivity index (χ1) is 11.6. The first kappa shape index (κ1) is 16.3. The van der Waals surface area contributed by atoms with Crippen molar-refractivity contribution in [3.05, 3.63) is 59.3 Å². The van der Waals surface area contributed by atoms with Crippen LogP contribution in [0.4, 0.5) is 10.6 Å². The molecule has 5 nitrogen and oxygen atoms in total. The molecule has 2 heterocycles. The van der Waals surface area contributed by atoms with Gasteiger partial charge in [0.05, 0.1) is 6.04 Å². The maximum Gasteiger partial charge on any atom is 0.410 e. The molecule has 0 saturated carbocycles. The molecule has 24 heavy (non-hydrogen) atoms. The Morgan fingerprint density at radius 3 is 2.88 bits per heavy atom. The molecule has 1 aliphatic rings. The van der Waals surface area contributed by atoms with Gasteiger partial charge in [-0.1, -0.05) is 30.3 Å². The average Bonchev–Trinajstić information content (AvgIpc) is 2.63. The van der Waals surface area contributed by atoms with Crippen LogP contribution >= 0.6 is 0 Å². The first-order valence-corrected chi connectivity index (χ1v) is 8.34. The highest BCUT2D eigenvalue weighted by Gasteiger charge is 2.29. The fourth-order valence-electron chi connectivity index (χ4n) is 3.09. The normalized spacial score (nSPS) is 17.5. The highest BCUT2D eigenvalue weighted by Crippen LogP contribution is 2.32. The number of hydrogen-bond acceptors (Lipinski definition) is 4. The van der Waals surface area contributed by atoms with E-state index in [2.05, 4.69) is 4.98 Å². The number of aryl methyl sites for hydroxylation is 1. The molecule has 1 amide bonds. The van der Waals surface area contributed by atoms with E-state index in [1.807, 2.05) is 48.2 Å². The molecule has 1 saturated heterocycles. The van der Waals surface area contributed by atoms with Gasteiger partial charge in [-0.05, 0) is 48.9 Å². The fraction of sp³-hybridized carbons (Fsp3) is 0.368. The van der Waals surface area contributed by atoms with Gasteiger partial charge in [0.15, 0.2) is 0 Å². The van der Waals surface area contributed by atoms with Crippen molar-refractivity contribution in [3.63, 3.8) is 0 Å². The van der Waals surface area contributed by atoms with Crippen LogP contribution in [0, 0.1) is 6.92 Å². The molecule has 0 unspecified atom stereocenters. The second kappa shape index (κ2) is 7.34. The summed E-state index contributed by atoms with van der Waals surface area (Å²) >= 11 is 0. The Bertz CT molecular complexity index is 703. The van der Waals surface area contributed by atoms with Crippen LogP contribution in [0.2, 0.25) is 0 Å². The summed E-state index contributed by atoms with van der Waals surface area (Å²) in [5, 5.41) is 0. The molecule has 0 bridgehead atoms. The number of likely N-dealkylation sites (tertiary alicyclic amines) is 1. The smallest absolute Gasteiger partial charge is 0.410 e. The highest BCUT2D eigenvalue weighted by molar-refractivity contribution is 5.68. The number of benzene rings is 1. The van der Waals surface area contributed by atoms with Crippen LogP contribution in [0.25, 0.3) is 0 Å². The summed E-state index contributed by atoms with van der Waals surface area (Å²) in [6, 6.07) is 11.8. The van der Waals surface area contributed by atoms with Crippen LogP contribution in [0.1, 0.15) is 42.0 Å². The predicted molar refractivity (Wildman–Crippen MR) is 93.3 cm³/mol. The summed E-state index contributed by atoms with van der Waals surface area (Å²) in [6.07, 6.45) is 4.52. The van der Waals surface area contributed by atoms with Crippen LogP contribution in [0.5, 0.6) is 0 Å². The third-order valence-corrected chi connectivity index (χ3v) is 4.47. The summed E-state index contributed by atoms with van der Waals surface area (Å²) in [5.41, 5.74) is 8.77. The van der Waals surface area contributed by atoms with E-state index in [1.165, 1.54) is 0 Å². The number of nitrogens with two attached hydrogens (primary N) is 1. The predicted octanol–water partition coefficient (Wildman–Crippen LogP) is 3.84. The molecule has 1 aromatic carbocycles. The number of anilines is 1. The number of pyridine rings is 1. The van der Waals surface area contributed by atoms with E-state index < -0.39 is 0 Å². The van der Waals surface area contributed by atoms with Crippen LogP contribution < -0.4 is 5.73 Å². The number of piperidine rings is 1. The van der Waals surface area contributed by atoms with Gasteiger partial charge >= 0.3 is 6.09 Å². The Morgan fingerprint density at radius 2 is 2.12 bits per heavy atom. The number of hydrogen-bond donors (Lipinski definition) is 1. The lowest BCUT2D eigenvalue weighted by atomic mass is 9.96. The molecule has 0 spiro atoms. The van der Waals surface area contributed by atoms with Crippen molar-refractivity contribution in [2.75, 3.05) is 12.3 Å². The van der Waals surface area contributed by atoms with E-state index in [4.69, 9.17) is 10.5 Å². The Balaban J connectivity index is 1.71. The molecule has 126 valence electrons. The molecule has 1 fully saturated rings. The maximum absolute atomic E-state index is 12.6. The van der Waals surface area contributed by atoms with Crippen molar-refractivity contribution >= 4 is 11.9 Å². The number of nitrogen functional groups attached to an aromatic ring is 1. The maximum atomic E-state index is 12.6. The number of carbonyl (C=O) groups is 1. The van der Waals surface area contributed by atoms with Gasteiger partial charge in [-0.15, -0.1) is 0 Å². The minimum absolute atomic E-state index is 0.00817. The minimum Gasteiger partial charge on any atom is -0.445 e. The van der Waals surface area contributed by atoms with Gasteiger partial charge in [0, 0.05) is 12.7 Å². The number of carbonyl (C=O) groups excluding carboxylic acids is 1. The standard InChI is InChI=1S/C19H23N3O2/c1-14-11-16(12-21-18(14)20)17-9-5-6-10-22(17)19(23)24-13-15-7-3-2-4-8-15/h2-4,7-8,11-12,17H,5-6,9-10,13H2,1H3,(H2,20,21)/t17-/m1/s1. The third kappa shape index (κ3) is 3.67. The van der Waals surface area contributed by atoms with Gasteiger partial charge in [0.2, 0.25) is 0 Å². The lowest BCUT2D eigenvalue weighted by Gasteiger charge is -2.35. The molecule has 2 N–H and O–H groups in total. The summed E-state index contributed by atoms with van der Waals surface area (Å²) in [7, 11) is 0. The summed E-state index contributed by atoms with van der Waals surface area (Å²) < 4.78 is 5.52. The fourth-order valence-corrected chi connectivity index (χ4v) is 3.09. The van der Waals surface area contributed by atoms with E-state index in [1.54, 1.807) is 6.20 Å². The average molecular weight is 325 g/mol. The van der Waals surface area contributed by atoms with Crippen molar-refractivity contribution in [2.24, 2.45) is 0 Å². The van der Waals surface area contributed by atoms with Gasteiger partial charge in [0.25, 0.3) is 0 Å². The van der Waals surface area contributed by atoms with Gasteiger partial charge in [0.1, 0.15) is 12.4 Å². The van der Waals surface area contributed by atoms with Crippen molar-refractivity contribution in [1.82, 2.24) is 9.88 Å². The number of amides is 1. The van der Waals surface area contributed by atoms with E-state index in [9.17, 15) is 4.79 Å². The summed E-state index contributed by atoms with van der Waals surface area (Å²) in [5.74, 6) is 0.535. The van der Waals surface area contributed by atoms with Crippen LogP contribution in [0.15, 0.2) is 42.6 Å². The van der Waals surface area contributed by atoms with Crippen molar-refractivity contribution in [3.8, 4) is 0 Å². The second-order valence-electron chi connectivity index (χ2n) is 6.22. The van der Waals surface area contributed by atoms with E-state index in [0.29, 0.717) is 19.0 Å². The zero-order chi connectivity index (χ0) is 16.9. The van der Waals surface area contributed by atoms with Gasteiger partial charge in [-0.25, -0.2) is 9.78 Å². The van der Waals surface area contributed by atoms with Gasteiger partial charge in [-0.2, -0.15) is 0 Å². The topological polar surface area (TPSA) is 68.5 Å². The number of nitrogens with zero attached hydrogens (tertiary/aromatic N) is 2. The molecule has 5 heteroatoms. The Hall–Kier alpha value is -2.56. The SMILES string of the molecule is Cc1cc([C@H]2CCCCN2C(=O)OCc2ccccc2)cnc1N. The molecule has 1 atom stereocenters. The first-order valence-electron chi connectivity index (χ1n) is 8.34. The summed E-state index contributed by atoms with van der Waals surface area (Å²) in [4.78, 5) is 18.6. The van der Waals surface area contributed by atoms with Gasteiger partial charge < -0.3 is 15.4 Å². The zero-order valence-corrected chi connectivity index (χ0v) is 13.9. The molecule has 1 aromatic heterocycles. The van der Waals surface area contributed by atoms with E-state index in [-0.39, 0.29) is 12.1 Å². The van der Waals surface area contributed by atoms with Crippen LogP contribution in [-0.4, -0.2) is 22.5 Å². The second-order valence-corrected chi connectivity index (χ2v) is 6.22. The number of ether oxygens (including phenoxy) is 1. The van der Waals surface area contributed by atoms with Crippen LogP contribution in [-0.2, 0) is 11.3 Å². The Labute approximate surface area is 142 Å². The summed E-state index contributed by atoms with van der Waals surface area (Å²) in [6.45, 7) is 2.94. The highest BCUT2D eigenvalue weighted by atomic mass is 16.6. The molecular formula is C19H23N3O2.